The van der Waals surface area contributed by atoms with E-state index in [1.165, 1.54) is 18.2 Å². The van der Waals surface area contributed by atoms with Crippen molar-refractivity contribution in [1.82, 2.24) is 5.32 Å². The second-order valence-electron chi connectivity index (χ2n) is 4.62. The van der Waals surface area contributed by atoms with E-state index in [0.29, 0.717) is 0 Å². The van der Waals surface area contributed by atoms with Crippen molar-refractivity contribution in [2.75, 3.05) is 6.54 Å². The topological polar surface area (TPSA) is 55.1 Å². The fourth-order valence-corrected chi connectivity index (χ4v) is 1.80. The van der Waals surface area contributed by atoms with Crippen molar-refractivity contribution in [2.45, 2.75) is 25.3 Å². The van der Waals surface area contributed by atoms with Crippen molar-refractivity contribution >= 4 is 5.91 Å². The van der Waals surface area contributed by atoms with Crippen LogP contribution in [-0.2, 0) is 11.2 Å². The molecule has 0 aromatic heterocycles. The molecule has 2 rings (SSSR count). The number of nitrogens with one attached hydrogen (secondary N) is 1. The average Bonchev–Trinajstić information content (AvgIpc) is 3.12. The Morgan fingerprint density at radius 1 is 1.39 bits per heavy atom. The van der Waals surface area contributed by atoms with Gasteiger partial charge in [-0.1, -0.05) is 6.07 Å². The van der Waals surface area contributed by atoms with E-state index in [-0.39, 0.29) is 30.5 Å². The summed E-state index contributed by atoms with van der Waals surface area (Å²) < 4.78 is 26.9. The van der Waals surface area contributed by atoms with Crippen molar-refractivity contribution in [2.24, 2.45) is 11.7 Å². The Kier molecular flexibility index (Phi) is 3.91. The number of carbonyl (C=O) groups is 1. The van der Waals surface area contributed by atoms with Crippen LogP contribution in [0.1, 0.15) is 18.4 Å². The lowest BCUT2D eigenvalue weighted by molar-refractivity contribution is -0.124. The van der Waals surface area contributed by atoms with E-state index in [9.17, 15) is 13.6 Å². The Morgan fingerprint density at radius 2 is 2.00 bits per heavy atom. The summed E-state index contributed by atoms with van der Waals surface area (Å²) in [5.41, 5.74) is 5.44. The number of benzene rings is 1. The van der Waals surface area contributed by atoms with Gasteiger partial charge >= 0.3 is 0 Å². The Hall–Kier alpha value is -1.49. The minimum Gasteiger partial charge on any atom is -0.353 e. The number of rotatable bonds is 5. The van der Waals surface area contributed by atoms with Crippen molar-refractivity contribution < 1.29 is 13.6 Å². The molecule has 1 amide bonds. The van der Waals surface area contributed by atoms with Gasteiger partial charge in [-0.05, 0) is 31.4 Å². The van der Waals surface area contributed by atoms with E-state index in [2.05, 4.69) is 5.32 Å². The maximum absolute atomic E-state index is 13.5. The SMILES string of the molecule is NCC(Cc1c(F)cccc1F)C(=O)NC1CC1. The average molecular weight is 254 g/mol. The molecule has 1 fully saturated rings. The van der Waals surface area contributed by atoms with Gasteiger partial charge in [0.25, 0.3) is 0 Å². The van der Waals surface area contributed by atoms with Crippen molar-refractivity contribution in [3.05, 3.63) is 35.4 Å². The van der Waals surface area contributed by atoms with Crippen LogP contribution in [0, 0.1) is 17.6 Å². The normalized spacial score (nSPS) is 16.4. The van der Waals surface area contributed by atoms with Crippen LogP contribution in [-0.4, -0.2) is 18.5 Å². The first kappa shape index (κ1) is 13.0. The summed E-state index contributed by atoms with van der Waals surface area (Å²) in [6.45, 7) is 0.0757. The lowest BCUT2D eigenvalue weighted by Crippen LogP contribution is -2.37. The lowest BCUT2D eigenvalue weighted by atomic mass is 9.97. The van der Waals surface area contributed by atoms with Gasteiger partial charge in [0.15, 0.2) is 0 Å². The summed E-state index contributed by atoms with van der Waals surface area (Å²) in [6, 6.07) is 3.89. The first-order valence-corrected chi connectivity index (χ1v) is 6.05. The number of hydrogen-bond donors (Lipinski definition) is 2. The van der Waals surface area contributed by atoms with Gasteiger partial charge in [-0.3, -0.25) is 4.79 Å². The molecule has 1 atom stereocenters. The van der Waals surface area contributed by atoms with Crippen LogP contribution in [0.5, 0.6) is 0 Å². The van der Waals surface area contributed by atoms with E-state index >= 15 is 0 Å². The van der Waals surface area contributed by atoms with E-state index in [1.807, 2.05) is 0 Å². The van der Waals surface area contributed by atoms with Crippen LogP contribution in [0.15, 0.2) is 18.2 Å². The standard InChI is InChI=1S/C13H16F2N2O/c14-11-2-1-3-12(15)10(11)6-8(7-16)13(18)17-9-4-5-9/h1-3,8-9H,4-7,16H2,(H,17,18). The lowest BCUT2D eigenvalue weighted by Gasteiger charge is -2.15. The molecule has 0 spiro atoms. The van der Waals surface area contributed by atoms with Crippen LogP contribution in [0.4, 0.5) is 8.78 Å². The molecular formula is C13H16F2N2O. The molecule has 1 saturated carbocycles. The largest absolute Gasteiger partial charge is 0.353 e. The monoisotopic (exact) mass is 254 g/mol. The van der Waals surface area contributed by atoms with Crippen molar-refractivity contribution in [3.63, 3.8) is 0 Å². The molecule has 5 heteroatoms. The summed E-state index contributed by atoms with van der Waals surface area (Å²) in [4.78, 5) is 11.8. The number of carbonyl (C=O) groups excluding carboxylic acids is 1. The zero-order valence-electron chi connectivity index (χ0n) is 9.96. The highest BCUT2D eigenvalue weighted by molar-refractivity contribution is 5.79. The zero-order valence-corrected chi connectivity index (χ0v) is 9.96. The molecule has 0 saturated heterocycles. The summed E-state index contributed by atoms with van der Waals surface area (Å²) >= 11 is 0. The van der Waals surface area contributed by atoms with Gasteiger partial charge in [0.1, 0.15) is 11.6 Å². The van der Waals surface area contributed by atoms with Gasteiger partial charge in [-0.2, -0.15) is 0 Å². The summed E-state index contributed by atoms with van der Waals surface area (Å²) in [5, 5.41) is 2.80. The number of hydrogen-bond acceptors (Lipinski definition) is 2. The highest BCUT2D eigenvalue weighted by Crippen LogP contribution is 2.21. The Balaban J connectivity index is 2.06. The van der Waals surface area contributed by atoms with Gasteiger partial charge < -0.3 is 11.1 Å². The quantitative estimate of drug-likeness (QED) is 0.833. The summed E-state index contributed by atoms with van der Waals surface area (Å²) in [5.74, 6) is -2.07. The number of halogens is 2. The second-order valence-corrected chi connectivity index (χ2v) is 4.62. The van der Waals surface area contributed by atoms with E-state index in [4.69, 9.17) is 5.73 Å². The predicted octanol–water partition coefficient (Wildman–Crippen LogP) is 1.36. The maximum atomic E-state index is 13.5. The third-order valence-electron chi connectivity index (χ3n) is 3.09. The molecule has 0 heterocycles. The maximum Gasteiger partial charge on any atom is 0.224 e. The molecule has 1 unspecified atom stereocenters. The smallest absolute Gasteiger partial charge is 0.224 e. The minimum atomic E-state index is -0.632. The highest BCUT2D eigenvalue weighted by Gasteiger charge is 2.28. The van der Waals surface area contributed by atoms with Gasteiger partial charge in [-0.15, -0.1) is 0 Å². The molecule has 1 aromatic carbocycles. The molecule has 98 valence electrons. The van der Waals surface area contributed by atoms with E-state index in [0.717, 1.165) is 12.8 Å². The van der Waals surface area contributed by atoms with E-state index in [1.54, 1.807) is 0 Å². The van der Waals surface area contributed by atoms with Crippen molar-refractivity contribution in [1.29, 1.82) is 0 Å². The molecule has 3 nitrogen and oxygen atoms in total. The third kappa shape index (κ3) is 3.04. The molecule has 1 aromatic rings. The summed E-state index contributed by atoms with van der Waals surface area (Å²) in [6.07, 6.45) is 1.93. The molecule has 1 aliphatic rings. The molecule has 0 radical (unpaired) electrons. The van der Waals surface area contributed by atoms with Gasteiger partial charge in [0.05, 0.1) is 5.92 Å². The Bertz CT molecular complexity index is 426. The van der Waals surface area contributed by atoms with Crippen LogP contribution in [0.2, 0.25) is 0 Å². The predicted molar refractivity (Wildman–Crippen MR) is 63.8 cm³/mol. The molecular weight excluding hydrogens is 238 g/mol. The fourth-order valence-electron chi connectivity index (χ4n) is 1.80. The molecule has 18 heavy (non-hydrogen) atoms. The second kappa shape index (κ2) is 5.44. The molecule has 0 bridgehead atoms. The van der Waals surface area contributed by atoms with Gasteiger partial charge in [-0.25, -0.2) is 8.78 Å². The van der Waals surface area contributed by atoms with Gasteiger partial charge in [0.2, 0.25) is 5.91 Å². The van der Waals surface area contributed by atoms with Gasteiger partial charge in [0, 0.05) is 18.2 Å². The number of amides is 1. The van der Waals surface area contributed by atoms with Crippen LogP contribution >= 0.6 is 0 Å². The first-order chi connectivity index (χ1) is 8.61. The molecule has 0 aliphatic heterocycles. The molecule has 1 aliphatic carbocycles. The number of nitrogens with two attached hydrogens (primary N) is 1. The molecule has 3 N–H and O–H groups in total. The Labute approximate surface area is 104 Å². The minimum absolute atomic E-state index is 0.00639. The fraction of sp³-hybridized carbons (Fsp3) is 0.462. The highest BCUT2D eigenvalue weighted by atomic mass is 19.1. The van der Waals surface area contributed by atoms with Crippen LogP contribution in [0.3, 0.4) is 0 Å². The van der Waals surface area contributed by atoms with Crippen LogP contribution in [0.25, 0.3) is 0 Å². The first-order valence-electron chi connectivity index (χ1n) is 6.05. The van der Waals surface area contributed by atoms with Crippen molar-refractivity contribution in [3.8, 4) is 0 Å². The third-order valence-corrected chi connectivity index (χ3v) is 3.09. The van der Waals surface area contributed by atoms with Crippen LogP contribution < -0.4 is 11.1 Å². The zero-order chi connectivity index (χ0) is 13.1. The van der Waals surface area contributed by atoms with E-state index < -0.39 is 17.6 Å². The Morgan fingerprint density at radius 3 is 2.50 bits per heavy atom. The summed E-state index contributed by atoms with van der Waals surface area (Å²) in [7, 11) is 0.